The predicted molar refractivity (Wildman–Crippen MR) is 105 cm³/mol. The molecule has 0 spiro atoms. The van der Waals surface area contributed by atoms with Gasteiger partial charge in [-0.1, -0.05) is 12.1 Å². The summed E-state index contributed by atoms with van der Waals surface area (Å²) < 4.78 is 6.06. The van der Waals surface area contributed by atoms with E-state index in [4.69, 9.17) is 4.74 Å². The third-order valence-electron chi connectivity index (χ3n) is 4.26. The Balaban J connectivity index is 1.59. The lowest BCUT2D eigenvalue weighted by Crippen LogP contribution is -2.31. The zero-order chi connectivity index (χ0) is 17.8. The van der Waals surface area contributed by atoms with Crippen molar-refractivity contribution < 1.29 is 14.3 Å². The van der Waals surface area contributed by atoms with Crippen LogP contribution in [0.2, 0.25) is 0 Å². The monoisotopic (exact) mass is 450 g/mol. The van der Waals surface area contributed by atoms with Crippen molar-refractivity contribution in [2.45, 2.75) is 6.42 Å². The van der Waals surface area contributed by atoms with Crippen LogP contribution in [0, 0.1) is 9.49 Å². The minimum absolute atomic E-state index is 0.0821. The Labute approximate surface area is 160 Å². The van der Waals surface area contributed by atoms with E-state index in [1.165, 1.54) is 0 Å². The van der Waals surface area contributed by atoms with Gasteiger partial charge in [-0.25, -0.2) is 0 Å². The molecule has 1 unspecified atom stereocenters. The number of nitrogens with one attached hydrogen (secondary N) is 1. The molecule has 1 fully saturated rings. The first-order chi connectivity index (χ1) is 12.1. The quantitative estimate of drug-likeness (QED) is 0.713. The van der Waals surface area contributed by atoms with Crippen LogP contribution >= 0.6 is 22.6 Å². The van der Waals surface area contributed by atoms with Crippen LogP contribution in [0.5, 0.6) is 5.75 Å². The van der Waals surface area contributed by atoms with Crippen molar-refractivity contribution in [3.8, 4) is 5.75 Å². The fourth-order valence-electron chi connectivity index (χ4n) is 2.91. The molecule has 130 valence electrons. The van der Waals surface area contributed by atoms with E-state index < -0.39 is 0 Å². The Morgan fingerprint density at radius 3 is 2.64 bits per heavy atom. The van der Waals surface area contributed by atoms with E-state index in [9.17, 15) is 9.59 Å². The molecular weight excluding hydrogens is 431 g/mol. The highest BCUT2D eigenvalue weighted by Crippen LogP contribution is 2.26. The molecule has 6 heteroatoms. The number of anilines is 1. The highest BCUT2D eigenvalue weighted by molar-refractivity contribution is 14.1. The van der Waals surface area contributed by atoms with E-state index in [1.807, 2.05) is 42.5 Å². The van der Waals surface area contributed by atoms with Gasteiger partial charge in [0.05, 0.1) is 12.7 Å². The molecule has 1 saturated heterocycles. The number of carbonyl (C=O) groups is 2. The molecule has 1 N–H and O–H groups in total. The van der Waals surface area contributed by atoms with E-state index in [-0.39, 0.29) is 17.7 Å². The number of rotatable bonds is 5. The standard InChI is InChI=1S/C19H19IN2O3/c1-25-15-8-6-14(7-9-15)22-12-13(10-18(22)23)11-21-19(24)16-4-2-3-5-17(16)20/h2-9,13H,10-12H2,1H3,(H,21,24). The summed E-state index contributed by atoms with van der Waals surface area (Å²) in [6.45, 7) is 1.10. The molecule has 1 heterocycles. The highest BCUT2D eigenvalue weighted by Gasteiger charge is 2.30. The molecule has 2 amide bonds. The summed E-state index contributed by atoms with van der Waals surface area (Å²) in [4.78, 5) is 26.4. The van der Waals surface area contributed by atoms with Crippen molar-refractivity contribution in [2.24, 2.45) is 5.92 Å². The van der Waals surface area contributed by atoms with Gasteiger partial charge < -0.3 is 15.0 Å². The van der Waals surface area contributed by atoms with Gasteiger partial charge >= 0.3 is 0 Å². The maximum absolute atomic E-state index is 12.3. The first-order valence-electron chi connectivity index (χ1n) is 8.05. The molecule has 0 saturated carbocycles. The Hall–Kier alpha value is -2.09. The van der Waals surface area contributed by atoms with Gasteiger partial charge in [-0.15, -0.1) is 0 Å². The average molecular weight is 450 g/mol. The normalized spacial score (nSPS) is 16.8. The molecule has 1 atom stereocenters. The maximum atomic E-state index is 12.3. The lowest BCUT2D eigenvalue weighted by atomic mass is 10.1. The van der Waals surface area contributed by atoms with Crippen molar-refractivity contribution in [3.05, 3.63) is 57.7 Å². The summed E-state index contributed by atoms with van der Waals surface area (Å²) >= 11 is 2.15. The van der Waals surface area contributed by atoms with Gasteiger partial charge in [-0.3, -0.25) is 9.59 Å². The first kappa shape index (κ1) is 17.7. The van der Waals surface area contributed by atoms with Crippen LogP contribution in [0.15, 0.2) is 48.5 Å². The number of amides is 2. The van der Waals surface area contributed by atoms with Crippen molar-refractivity contribution in [1.82, 2.24) is 5.32 Å². The van der Waals surface area contributed by atoms with Crippen LogP contribution in [0.3, 0.4) is 0 Å². The Morgan fingerprint density at radius 2 is 1.96 bits per heavy atom. The summed E-state index contributed by atoms with van der Waals surface area (Å²) in [5.41, 5.74) is 1.52. The van der Waals surface area contributed by atoms with Crippen LogP contribution in [-0.4, -0.2) is 32.0 Å². The summed E-state index contributed by atoms with van der Waals surface area (Å²) in [6, 6.07) is 14.9. The Kier molecular flexibility index (Phi) is 5.57. The van der Waals surface area contributed by atoms with Crippen molar-refractivity contribution in [2.75, 3.05) is 25.1 Å². The van der Waals surface area contributed by atoms with Gasteiger partial charge in [0.2, 0.25) is 5.91 Å². The molecule has 1 aliphatic heterocycles. The van der Waals surface area contributed by atoms with Crippen molar-refractivity contribution in [1.29, 1.82) is 0 Å². The molecular formula is C19H19IN2O3. The Morgan fingerprint density at radius 1 is 1.24 bits per heavy atom. The number of hydrogen-bond donors (Lipinski definition) is 1. The van der Waals surface area contributed by atoms with E-state index in [1.54, 1.807) is 18.1 Å². The topological polar surface area (TPSA) is 58.6 Å². The fraction of sp³-hybridized carbons (Fsp3) is 0.263. The van der Waals surface area contributed by atoms with E-state index in [2.05, 4.69) is 27.9 Å². The second-order valence-electron chi connectivity index (χ2n) is 5.96. The number of ether oxygens (including phenoxy) is 1. The summed E-state index contributed by atoms with van der Waals surface area (Å²) in [7, 11) is 1.61. The average Bonchev–Trinajstić information content (AvgIpc) is 3.01. The highest BCUT2D eigenvalue weighted by atomic mass is 127. The predicted octanol–water partition coefficient (Wildman–Crippen LogP) is 3.08. The lowest BCUT2D eigenvalue weighted by molar-refractivity contribution is -0.117. The van der Waals surface area contributed by atoms with Crippen LogP contribution in [-0.2, 0) is 4.79 Å². The minimum Gasteiger partial charge on any atom is -0.497 e. The molecule has 2 aromatic carbocycles. The molecule has 0 radical (unpaired) electrons. The molecule has 0 aromatic heterocycles. The zero-order valence-corrected chi connectivity index (χ0v) is 16.0. The smallest absolute Gasteiger partial charge is 0.252 e. The summed E-state index contributed by atoms with van der Waals surface area (Å²) in [6.07, 6.45) is 0.443. The number of carbonyl (C=O) groups excluding carboxylic acids is 2. The lowest BCUT2D eigenvalue weighted by Gasteiger charge is -2.17. The number of hydrogen-bond acceptors (Lipinski definition) is 3. The van der Waals surface area contributed by atoms with Gasteiger partial charge in [-0.2, -0.15) is 0 Å². The second-order valence-corrected chi connectivity index (χ2v) is 7.12. The van der Waals surface area contributed by atoms with E-state index in [0.717, 1.165) is 15.0 Å². The molecule has 3 rings (SSSR count). The summed E-state index contributed by atoms with van der Waals surface area (Å²) in [5.74, 6) is 0.857. The van der Waals surface area contributed by atoms with Gasteiger partial charge in [-0.05, 0) is 59.0 Å². The third kappa shape index (κ3) is 4.12. The molecule has 0 bridgehead atoms. The van der Waals surface area contributed by atoms with Crippen molar-refractivity contribution >= 4 is 40.1 Å². The number of methoxy groups -OCH3 is 1. The van der Waals surface area contributed by atoms with Crippen LogP contribution in [0.1, 0.15) is 16.8 Å². The van der Waals surface area contributed by atoms with Crippen LogP contribution < -0.4 is 15.0 Å². The Bertz CT molecular complexity index is 776. The zero-order valence-electron chi connectivity index (χ0n) is 13.9. The molecule has 0 aliphatic carbocycles. The van der Waals surface area contributed by atoms with Crippen molar-refractivity contribution in [3.63, 3.8) is 0 Å². The first-order valence-corrected chi connectivity index (χ1v) is 9.13. The van der Waals surface area contributed by atoms with Gasteiger partial charge in [0.25, 0.3) is 5.91 Å². The molecule has 1 aliphatic rings. The van der Waals surface area contributed by atoms with Gasteiger partial charge in [0.1, 0.15) is 5.75 Å². The maximum Gasteiger partial charge on any atom is 0.252 e. The van der Waals surface area contributed by atoms with Gasteiger partial charge in [0.15, 0.2) is 0 Å². The van der Waals surface area contributed by atoms with E-state index in [0.29, 0.717) is 25.1 Å². The van der Waals surface area contributed by atoms with E-state index >= 15 is 0 Å². The number of benzene rings is 2. The third-order valence-corrected chi connectivity index (χ3v) is 5.20. The largest absolute Gasteiger partial charge is 0.497 e. The minimum atomic E-state index is -0.0969. The molecule has 5 nitrogen and oxygen atoms in total. The number of nitrogens with zero attached hydrogens (tertiary/aromatic N) is 1. The van der Waals surface area contributed by atoms with Crippen LogP contribution in [0.25, 0.3) is 0 Å². The summed E-state index contributed by atoms with van der Waals surface area (Å²) in [5, 5.41) is 2.95. The molecule has 25 heavy (non-hydrogen) atoms. The van der Waals surface area contributed by atoms with Crippen LogP contribution in [0.4, 0.5) is 5.69 Å². The second kappa shape index (κ2) is 7.86. The molecule has 2 aromatic rings. The number of halogens is 1. The van der Waals surface area contributed by atoms with Gasteiger partial charge in [0, 0.05) is 34.7 Å². The fourth-order valence-corrected chi connectivity index (χ4v) is 3.54. The SMILES string of the molecule is COc1ccc(N2CC(CNC(=O)c3ccccc3I)CC2=O)cc1.